The van der Waals surface area contributed by atoms with Gasteiger partial charge in [-0.2, -0.15) is 0 Å². The van der Waals surface area contributed by atoms with Gasteiger partial charge in [0.05, 0.1) is 17.8 Å². The van der Waals surface area contributed by atoms with Gasteiger partial charge in [-0.05, 0) is 42.8 Å². The van der Waals surface area contributed by atoms with E-state index in [2.05, 4.69) is 15.5 Å². The number of thioether (sulfide) groups is 1. The van der Waals surface area contributed by atoms with E-state index >= 15 is 0 Å². The van der Waals surface area contributed by atoms with Crippen molar-refractivity contribution >= 4 is 29.3 Å². The van der Waals surface area contributed by atoms with Crippen LogP contribution in [0.3, 0.4) is 0 Å². The number of amides is 1. The smallest absolute Gasteiger partial charge is 0.251 e. The van der Waals surface area contributed by atoms with Crippen molar-refractivity contribution in [3.05, 3.63) is 88.8 Å². The third kappa shape index (κ3) is 4.84. The van der Waals surface area contributed by atoms with Crippen LogP contribution in [-0.2, 0) is 18.8 Å². The molecule has 0 aliphatic rings. The minimum Gasteiger partial charge on any atom is -0.467 e. The Hall–Kier alpha value is -3.03. The van der Waals surface area contributed by atoms with E-state index in [1.165, 1.54) is 0 Å². The van der Waals surface area contributed by atoms with Crippen LogP contribution in [0.5, 0.6) is 0 Å². The number of carbonyl (C=O) groups excluding carboxylic acids is 1. The van der Waals surface area contributed by atoms with Crippen molar-refractivity contribution in [1.82, 2.24) is 20.1 Å². The molecule has 0 bridgehead atoms. The summed E-state index contributed by atoms with van der Waals surface area (Å²) in [5.41, 5.74) is 2.41. The van der Waals surface area contributed by atoms with E-state index in [-0.39, 0.29) is 5.91 Å². The molecule has 1 N–H and O–H groups in total. The van der Waals surface area contributed by atoms with Gasteiger partial charge in [0.2, 0.25) is 0 Å². The SMILES string of the molecule is CCn1c(SCc2ccccc2C(=O)NCc2ccco2)nnc1-c1ccccc1Cl. The van der Waals surface area contributed by atoms with Crippen LogP contribution in [0.2, 0.25) is 5.02 Å². The van der Waals surface area contributed by atoms with Crippen molar-refractivity contribution in [2.75, 3.05) is 0 Å². The van der Waals surface area contributed by atoms with E-state index in [9.17, 15) is 4.79 Å². The maximum Gasteiger partial charge on any atom is 0.251 e. The number of nitrogens with one attached hydrogen (secondary N) is 1. The molecule has 0 radical (unpaired) electrons. The maximum atomic E-state index is 12.7. The lowest BCUT2D eigenvalue weighted by molar-refractivity contribution is 0.0947. The average Bonchev–Trinajstić information content (AvgIpc) is 3.46. The first-order valence-electron chi connectivity index (χ1n) is 9.86. The molecule has 2 aromatic carbocycles. The van der Waals surface area contributed by atoms with Gasteiger partial charge in [0.15, 0.2) is 11.0 Å². The Morgan fingerprint density at radius 1 is 1.10 bits per heavy atom. The number of halogens is 1. The molecule has 4 aromatic rings. The second kappa shape index (κ2) is 9.85. The van der Waals surface area contributed by atoms with Crippen molar-refractivity contribution in [2.45, 2.75) is 30.9 Å². The van der Waals surface area contributed by atoms with Crippen LogP contribution in [-0.4, -0.2) is 20.7 Å². The summed E-state index contributed by atoms with van der Waals surface area (Å²) in [6, 6.07) is 18.8. The number of carbonyl (C=O) groups is 1. The molecule has 0 aliphatic carbocycles. The molecule has 0 saturated heterocycles. The average molecular weight is 453 g/mol. The summed E-state index contributed by atoms with van der Waals surface area (Å²) in [7, 11) is 0. The Labute approximate surface area is 189 Å². The van der Waals surface area contributed by atoms with Crippen LogP contribution in [0, 0.1) is 0 Å². The monoisotopic (exact) mass is 452 g/mol. The second-order valence-electron chi connectivity index (χ2n) is 6.74. The lowest BCUT2D eigenvalue weighted by Gasteiger charge is -2.11. The van der Waals surface area contributed by atoms with Crippen molar-refractivity contribution < 1.29 is 9.21 Å². The van der Waals surface area contributed by atoms with Gasteiger partial charge >= 0.3 is 0 Å². The Bertz CT molecular complexity index is 1170. The van der Waals surface area contributed by atoms with Gasteiger partial charge in [-0.1, -0.05) is 53.7 Å². The number of furan rings is 1. The normalized spacial score (nSPS) is 10.9. The molecule has 2 heterocycles. The second-order valence-corrected chi connectivity index (χ2v) is 8.09. The van der Waals surface area contributed by atoms with Crippen LogP contribution >= 0.6 is 23.4 Å². The van der Waals surface area contributed by atoms with Crippen LogP contribution in [0.4, 0.5) is 0 Å². The van der Waals surface area contributed by atoms with Crippen molar-refractivity contribution in [3.63, 3.8) is 0 Å². The molecule has 0 aliphatic heterocycles. The molecule has 0 unspecified atom stereocenters. The molecule has 8 heteroatoms. The summed E-state index contributed by atoms with van der Waals surface area (Å²) in [6.45, 7) is 3.10. The molecular formula is C23H21ClN4O2S. The van der Waals surface area contributed by atoms with E-state index in [0.29, 0.717) is 35.2 Å². The van der Waals surface area contributed by atoms with Crippen molar-refractivity contribution in [1.29, 1.82) is 0 Å². The summed E-state index contributed by atoms with van der Waals surface area (Å²) in [4.78, 5) is 12.7. The predicted molar refractivity (Wildman–Crippen MR) is 122 cm³/mol. The van der Waals surface area contributed by atoms with Gasteiger partial charge in [0.25, 0.3) is 5.91 Å². The van der Waals surface area contributed by atoms with Gasteiger partial charge in [-0.3, -0.25) is 4.79 Å². The topological polar surface area (TPSA) is 73.0 Å². The fourth-order valence-electron chi connectivity index (χ4n) is 3.21. The number of hydrogen-bond donors (Lipinski definition) is 1. The molecule has 2 aromatic heterocycles. The first-order valence-corrected chi connectivity index (χ1v) is 11.2. The van der Waals surface area contributed by atoms with Crippen LogP contribution in [0.1, 0.15) is 28.6 Å². The van der Waals surface area contributed by atoms with Gasteiger partial charge in [-0.15, -0.1) is 10.2 Å². The third-order valence-corrected chi connectivity index (χ3v) is 6.12. The zero-order chi connectivity index (χ0) is 21.6. The van der Waals surface area contributed by atoms with Crippen LogP contribution in [0.15, 0.2) is 76.5 Å². The lowest BCUT2D eigenvalue weighted by atomic mass is 10.1. The third-order valence-electron chi connectivity index (χ3n) is 4.77. The molecule has 4 rings (SSSR count). The molecule has 158 valence electrons. The zero-order valence-electron chi connectivity index (χ0n) is 16.9. The van der Waals surface area contributed by atoms with E-state index in [0.717, 1.165) is 22.1 Å². The highest BCUT2D eigenvalue weighted by molar-refractivity contribution is 7.98. The van der Waals surface area contributed by atoms with Crippen LogP contribution in [0.25, 0.3) is 11.4 Å². The quantitative estimate of drug-likeness (QED) is 0.361. The maximum absolute atomic E-state index is 12.7. The summed E-state index contributed by atoms with van der Waals surface area (Å²) in [6.07, 6.45) is 1.59. The standard InChI is InChI=1S/C23H21ClN4O2S/c1-2-28-21(19-11-5-6-12-20(19)24)26-27-23(28)31-15-16-8-3-4-10-18(16)22(29)25-14-17-9-7-13-30-17/h3-13H,2,14-15H2,1H3,(H,25,29). The molecule has 31 heavy (non-hydrogen) atoms. The van der Waals surface area contributed by atoms with Crippen molar-refractivity contribution in [2.24, 2.45) is 0 Å². The Morgan fingerprint density at radius 3 is 2.68 bits per heavy atom. The molecule has 0 saturated carbocycles. The molecule has 0 spiro atoms. The number of rotatable bonds is 8. The minimum atomic E-state index is -0.138. The minimum absolute atomic E-state index is 0.138. The summed E-state index contributed by atoms with van der Waals surface area (Å²) >= 11 is 7.89. The van der Waals surface area contributed by atoms with Gasteiger partial charge < -0.3 is 14.3 Å². The largest absolute Gasteiger partial charge is 0.467 e. The highest BCUT2D eigenvalue weighted by atomic mass is 35.5. The van der Waals surface area contributed by atoms with Gasteiger partial charge in [-0.25, -0.2) is 0 Å². The summed E-state index contributed by atoms with van der Waals surface area (Å²) in [5, 5.41) is 13.1. The first kappa shape index (κ1) is 21.2. The number of aromatic nitrogens is 3. The van der Waals surface area contributed by atoms with Gasteiger partial charge in [0.1, 0.15) is 5.76 Å². The van der Waals surface area contributed by atoms with Crippen LogP contribution < -0.4 is 5.32 Å². The molecule has 0 atom stereocenters. The number of hydrogen-bond acceptors (Lipinski definition) is 5. The van der Waals surface area contributed by atoms with E-state index in [1.54, 1.807) is 24.1 Å². The molecular weight excluding hydrogens is 432 g/mol. The van der Waals surface area contributed by atoms with Gasteiger partial charge in [0, 0.05) is 23.4 Å². The number of benzene rings is 2. The number of nitrogens with zero attached hydrogens (tertiary/aromatic N) is 3. The summed E-state index contributed by atoms with van der Waals surface area (Å²) < 4.78 is 7.32. The molecule has 6 nitrogen and oxygen atoms in total. The predicted octanol–water partition coefficient (Wildman–Crippen LogP) is 5.43. The molecule has 0 fully saturated rings. The highest BCUT2D eigenvalue weighted by Crippen LogP contribution is 2.30. The first-order chi connectivity index (χ1) is 15.2. The Morgan fingerprint density at radius 2 is 1.90 bits per heavy atom. The fourth-order valence-corrected chi connectivity index (χ4v) is 4.43. The van der Waals surface area contributed by atoms with E-state index < -0.39 is 0 Å². The Kier molecular flexibility index (Phi) is 6.74. The van der Waals surface area contributed by atoms with E-state index in [4.69, 9.17) is 16.0 Å². The van der Waals surface area contributed by atoms with Crippen molar-refractivity contribution in [3.8, 4) is 11.4 Å². The van der Waals surface area contributed by atoms with E-state index in [1.807, 2.05) is 66.1 Å². The Balaban J connectivity index is 1.50. The molecule has 1 amide bonds. The summed E-state index contributed by atoms with van der Waals surface area (Å²) in [5.74, 6) is 1.90. The lowest BCUT2D eigenvalue weighted by Crippen LogP contribution is -2.23. The fraction of sp³-hybridized carbons (Fsp3) is 0.174. The highest BCUT2D eigenvalue weighted by Gasteiger charge is 2.17. The zero-order valence-corrected chi connectivity index (χ0v) is 18.5.